The fourth-order valence-electron chi connectivity index (χ4n) is 4.41. The molecule has 136 valence electrons. The molecule has 1 saturated heterocycles. The zero-order valence-electron chi connectivity index (χ0n) is 15.0. The molecular weight excluding hydrogens is 327 g/mol. The molecule has 2 aliphatic rings. The van der Waals surface area contributed by atoms with E-state index >= 15 is 0 Å². The van der Waals surface area contributed by atoms with E-state index in [0.29, 0.717) is 36.5 Å². The van der Waals surface area contributed by atoms with Crippen LogP contribution in [0.3, 0.4) is 0 Å². The average Bonchev–Trinajstić information content (AvgIpc) is 3.23. The number of fused-ring (bicyclic) bond motifs is 1. The van der Waals surface area contributed by atoms with Gasteiger partial charge in [-0.2, -0.15) is 0 Å². The fraction of sp³-hybridized carbons (Fsp3) is 0.409. The first-order valence-electron chi connectivity index (χ1n) is 9.54. The van der Waals surface area contributed by atoms with Crippen molar-refractivity contribution in [1.29, 1.82) is 0 Å². The van der Waals surface area contributed by atoms with E-state index in [-0.39, 0.29) is 5.82 Å². The largest absolute Gasteiger partial charge is 0.336 e. The van der Waals surface area contributed by atoms with Crippen molar-refractivity contribution in [2.45, 2.75) is 50.7 Å². The topological polar surface area (TPSA) is 32.3 Å². The van der Waals surface area contributed by atoms with Gasteiger partial charge in [-0.15, -0.1) is 0 Å². The van der Waals surface area contributed by atoms with Gasteiger partial charge in [0.1, 0.15) is 5.82 Å². The fourth-order valence-corrected chi connectivity index (χ4v) is 4.41. The van der Waals surface area contributed by atoms with Crippen LogP contribution in [0.1, 0.15) is 36.0 Å². The lowest BCUT2D eigenvalue weighted by Crippen LogP contribution is -2.43. The van der Waals surface area contributed by atoms with E-state index in [0.717, 1.165) is 32.2 Å². The molecule has 0 radical (unpaired) electrons. The molecule has 1 atom stereocenters. The van der Waals surface area contributed by atoms with Gasteiger partial charge in [0.15, 0.2) is 0 Å². The second kappa shape index (κ2) is 7.58. The van der Waals surface area contributed by atoms with Gasteiger partial charge in [-0.05, 0) is 49.4 Å². The molecule has 2 aromatic carbocycles. The van der Waals surface area contributed by atoms with Gasteiger partial charge in [0.05, 0.1) is 0 Å². The summed E-state index contributed by atoms with van der Waals surface area (Å²) in [5.41, 5.74) is 3.46. The maximum absolute atomic E-state index is 13.7. The Kier molecular flexibility index (Phi) is 5.02. The van der Waals surface area contributed by atoms with Crippen LogP contribution in [0.15, 0.2) is 48.5 Å². The van der Waals surface area contributed by atoms with Crippen molar-refractivity contribution < 1.29 is 9.18 Å². The summed E-state index contributed by atoms with van der Waals surface area (Å²) >= 11 is 0. The SMILES string of the molecule is O=C1CC[C@@H](CCNCc2ccccc2F)N1C1Cc2ccccc2C1. The lowest BCUT2D eigenvalue weighted by Gasteiger charge is -2.31. The highest BCUT2D eigenvalue weighted by Gasteiger charge is 2.38. The van der Waals surface area contributed by atoms with E-state index in [4.69, 9.17) is 0 Å². The minimum atomic E-state index is -0.165. The van der Waals surface area contributed by atoms with Crippen molar-refractivity contribution >= 4 is 5.91 Å². The van der Waals surface area contributed by atoms with Crippen LogP contribution in [0.2, 0.25) is 0 Å². The Balaban J connectivity index is 1.32. The third kappa shape index (κ3) is 3.51. The van der Waals surface area contributed by atoms with Gasteiger partial charge >= 0.3 is 0 Å². The van der Waals surface area contributed by atoms with Gasteiger partial charge in [0.25, 0.3) is 0 Å². The van der Waals surface area contributed by atoms with Crippen molar-refractivity contribution in [3.63, 3.8) is 0 Å². The summed E-state index contributed by atoms with van der Waals surface area (Å²) in [6.07, 6.45) is 4.47. The number of rotatable bonds is 6. The van der Waals surface area contributed by atoms with Crippen molar-refractivity contribution in [2.75, 3.05) is 6.54 Å². The molecule has 3 nitrogen and oxygen atoms in total. The number of benzene rings is 2. The molecule has 0 bridgehead atoms. The van der Waals surface area contributed by atoms with Crippen molar-refractivity contribution in [3.8, 4) is 0 Å². The zero-order chi connectivity index (χ0) is 17.9. The maximum Gasteiger partial charge on any atom is 0.223 e. The summed E-state index contributed by atoms with van der Waals surface area (Å²) in [7, 11) is 0. The van der Waals surface area contributed by atoms with Crippen LogP contribution in [0, 0.1) is 5.82 Å². The predicted molar refractivity (Wildman–Crippen MR) is 100 cm³/mol. The van der Waals surface area contributed by atoms with Crippen molar-refractivity contribution in [2.24, 2.45) is 0 Å². The number of hydrogen-bond donors (Lipinski definition) is 1. The summed E-state index contributed by atoms with van der Waals surface area (Å²) in [6.45, 7) is 1.32. The van der Waals surface area contributed by atoms with Crippen LogP contribution in [0.4, 0.5) is 4.39 Å². The molecule has 1 fully saturated rings. The van der Waals surface area contributed by atoms with Crippen LogP contribution in [0.5, 0.6) is 0 Å². The molecule has 0 saturated carbocycles. The first kappa shape index (κ1) is 17.2. The number of amides is 1. The summed E-state index contributed by atoms with van der Waals surface area (Å²) in [5, 5.41) is 3.33. The Morgan fingerprint density at radius 2 is 1.73 bits per heavy atom. The van der Waals surface area contributed by atoms with Gasteiger partial charge in [-0.3, -0.25) is 4.79 Å². The third-order valence-electron chi connectivity index (χ3n) is 5.72. The Morgan fingerprint density at radius 1 is 1.04 bits per heavy atom. The van der Waals surface area contributed by atoms with Crippen LogP contribution in [-0.2, 0) is 24.2 Å². The van der Waals surface area contributed by atoms with E-state index in [1.807, 2.05) is 12.1 Å². The van der Waals surface area contributed by atoms with E-state index < -0.39 is 0 Å². The van der Waals surface area contributed by atoms with E-state index in [2.05, 4.69) is 34.5 Å². The molecule has 1 N–H and O–H groups in total. The number of carbonyl (C=O) groups is 1. The van der Waals surface area contributed by atoms with E-state index in [9.17, 15) is 9.18 Å². The van der Waals surface area contributed by atoms with Gasteiger partial charge in [-0.1, -0.05) is 42.5 Å². The number of carbonyl (C=O) groups excluding carboxylic acids is 1. The third-order valence-corrected chi connectivity index (χ3v) is 5.72. The van der Waals surface area contributed by atoms with E-state index in [1.54, 1.807) is 6.07 Å². The molecule has 1 aliphatic heterocycles. The highest BCUT2D eigenvalue weighted by molar-refractivity contribution is 5.79. The minimum absolute atomic E-state index is 0.165. The number of halogens is 1. The molecule has 2 aromatic rings. The molecule has 4 rings (SSSR count). The summed E-state index contributed by atoms with van der Waals surface area (Å²) in [5.74, 6) is 0.128. The quantitative estimate of drug-likeness (QED) is 0.808. The molecule has 4 heteroatoms. The number of likely N-dealkylation sites (tertiary alicyclic amines) is 1. The standard InChI is InChI=1S/C22H25FN2O/c23-21-8-4-3-7-18(21)15-24-12-11-19-9-10-22(26)25(19)20-13-16-5-1-2-6-17(16)14-20/h1-8,19-20,24H,9-15H2/t19-/m0/s1. The highest BCUT2D eigenvalue weighted by atomic mass is 19.1. The van der Waals surface area contributed by atoms with Gasteiger partial charge in [-0.25, -0.2) is 4.39 Å². The van der Waals surface area contributed by atoms with Crippen molar-refractivity contribution in [1.82, 2.24) is 10.2 Å². The maximum atomic E-state index is 13.7. The van der Waals surface area contributed by atoms with Gasteiger partial charge in [0, 0.05) is 30.6 Å². The highest BCUT2D eigenvalue weighted by Crippen LogP contribution is 2.32. The molecule has 26 heavy (non-hydrogen) atoms. The second-order valence-electron chi connectivity index (χ2n) is 7.38. The van der Waals surface area contributed by atoms with E-state index in [1.165, 1.54) is 17.2 Å². The Labute approximate surface area is 154 Å². The second-order valence-corrected chi connectivity index (χ2v) is 7.38. The molecule has 1 heterocycles. The Morgan fingerprint density at radius 3 is 2.46 bits per heavy atom. The first-order chi connectivity index (χ1) is 12.7. The normalized spacial score (nSPS) is 20.0. The van der Waals surface area contributed by atoms with Crippen LogP contribution < -0.4 is 5.32 Å². The van der Waals surface area contributed by atoms with Crippen molar-refractivity contribution in [3.05, 3.63) is 71.0 Å². The predicted octanol–water partition coefficient (Wildman–Crippen LogP) is 3.46. The number of nitrogens with one attached hydrogen (secondary N) is 1. The van der Waals surface area contributed by atoms with Crippen LogP contribution >= 0.6 is 0 Å². The molecule has 0 aromatic heterocycles. The molecule has 0 unspecified atom stereocenters. The zero-order valence-corrected chi connectivity index (χ0v) is 15.0. The monoisotopic (exact) mass is 352 g/mol. The minimum Gasteiger partial charge on any atom is -0.336 e. The van der Waals surface area contributed by atoms with Gasteiger partial charge < -0.3 is 10.2 Å². The first-order valence-corrected chi connectivity index (χ1v) is 9.54. The Hall–Kier alpha value is -2.20. The number of hydrogen-bond acceptors (Lipinski definition) is 2. The molecule has 0 spiro atoms. The van der Waals surface area contributed by atoms with Crippen LogP contribution in [-0.4, -0.2) is 29.4 Å². The molecule has 1 amide bonds. The summed E-state index contributed by atoms with van der Waals surface area (Å²) in [6, 6.07) is 16.0. The Bertz CT molecular complexity index is 766. The molecule has 1 aliphatic carbocycles. The molecular formula is C22H25FN2O. The lowest BCUT2D eigenvalue weighted by molar-refractivity contribution is -0.131. The smallest absolute Gasteiger partial charge is 0.223 e. The van der Waals surface area contributed by atoms with Gasteiger partial charge in [0.2, 0.25) is 5.91 Å². The number of nitrogens with zero attached hydrogens (tertiary/aromatic N) is 1. The lowest BCUT2D eigenvalue weighted by atomic mass is 10.1. The average molecular weight is 352 g/mol. The summed E-state index contributed by atoms with van der Waals surface area (Å²) < 4.78 is 13.7. The van der Waals surface area contributed by atoms with Crippen LogP contribution in [0.25, 0.3) is 0 Å². The summed E-state index contributed by atoms with van der Waals surface area (Å²) in [4.78, 5) is 14.6.